The van der Waals surface area contributed by atoms with E-state index in [9.17, 15) is 23.2 Å². The van der Waals surface area contributed by atoms with E-state index in [0.717, 1.165) is 28.6 Å². The predicted molar refractivity (Wildman–Crippen MR) is 292 cm³/mol. The first-order valence-electron chi connectivity index (χ1n) is 25.8. The highest BCUT2D eigenvalue weighted by molar-refractivity contribution is 9.10. The maximum Gasteiger partial charge on any atom is 0.295 e. The van der Waals surface area contributed by atoms with Gasteiger partial charge in [0.1, 0.15) is 33.9 Å². The maximum absolute atomic E-state index is 14.4. The summed E-state index contributed by atoms with van der Waals surface area (Å²) in [7, 11) is 3.20. The minimum Gasteiger partial charge on any atom is -0.494 e. The summed E-state index contributed by atoms with van der Waals surface area (Å²) in [6, 6.07) is 11.7. The summed E-state index contributed by atoms with van der Waals surface area (Å²) in [5, 5.41) is 1.36. The van der Waals surface area contributed by atoms with Gasteiger partial charge in [-0.25, -0.2) is 8.78 Å². The molecule has 0 spiro atoms. The second kappa shape index (κ2) is 21.7. The normalized spacial score (nSPS) is 15.2. The van der Waals surface area contributed by atoms with Crippen molar-refractivity contribution in [2.24, 2.45) is 0 Å². The Morgan fingerprint density at radius 2 is 1.21 bits per heavy atom. The highest BCUT2D eigenvalue weighted by Gasteiger charge is 2.32. The molecule has 0 radical (unpaired) electrons. The topological polar surface area (TPSA) is 206 Å². The molecule has 0 aliphatic carbocycles. The predicted octanol–water partition coefficient (Wildman–Crippen LogP) is 7.80. The summed E-state index contributed by atoms with van der Waals surface area (Å²) in [5.41, 5.74) is 5.39. The van der Waals surface area contributed by atoms with Crippen molar-refractivity contribution < 1.29 is 55.2 Å². The molecule has 12 heterocycles. The molecule has 12 rings (SSSR count). The average Bonchev–Trinajstić information content (AvgIpc) is 4.26. The number of aromatic nitrogens is 6. The number of hydrogen-bond acceptors (Lipinski definition) is 17. The van der Waals surface area contributed by atoms with Gasteiger partial charge in [0, 0.05) is 139 Å². The Hall–Kier alpha value is -8.93. The number of rotatable bonds is 13. The average molecular weight is 1160 g/mol. The highest BCUT2D eigenvalue weighted by Crippen LogP contribution is 2.38. The van der Waals surface area contributed by atoms with Crippen LogP contribution in [-0.2, 0) is 6.73 Å². The fourth-order valence-corrected chi connectivity index (χ4v) is 11.1. The molecular formula is C56H52BrF2N12O9+. The van der Waals surface area contributed by atoms with Crippen molar-refractivity contribution >= 4 is 83.8 Å². The zero-order valence-corrected chi connectivity index (χ0v) is 45.3. The minimum atomic E-state index is -2.83. The van der Waals surface area contributed by atoms with Crippen LogP contribution in [0.25, 0.3) is 44.4 Å². The van der Waals surface area contributed by atoms with Crippen LogP contribution < -0.4 is 33.5 Å². The van der Waals surface area contributed by atoms with Crippen molar-refractivity contribution in [1.82, 2.24) is 39.6 Å². The second-order valence-electron chi connectivity index (χ2n) is 19.4. The Morgan fingerprint density at radius 1 is 0.613 bits per heavy atom. The van der Waals surface area contributed by atoms with Crippen LogP contribution in [0.15, 0.2) is 116 Å². The molecule has 3 aliphatic heterocycles. The van der Waals surface area contributed by atoms with Gasteiger partial charge in [-0.3, -0.25) is 39.3 Å². The number of furan rings is 3. The van der Waals surface area contributed by atoms with E-state index in [1.165, 1.54) is 18.5 Å². The number of fused-ring (bicyclic) bond motifs is 3. The fraction of sp³-hybridized carbons (Fsp3) is 0.304. The first-order valence-corrected chi connectivity index (χ1v) is 26.6. The lowest BCUT2D eigenvalue weighted by Crippen LogP contribution is -2.49. The molecule has 3 fully saturated rings. The van der Waals surface area contributed by atoms with E-state index < -0.39 is 12.2 Å². The van der Waals surface area contributed by atoms with Gasteiger partial charge in [0.05, 0.1) is 72.2 Å². The molecule has 410 valence electrons. The van der Waals surface area contributed by atoms with E-state index in [4.69, 9.17) is 37.4 Å². The molecule has 0 bridgehead atoms. The van der Waals surface area contributed by atoms with Crippen LogP contribution in [0, 0.1) is 6.92 Å². The number of aryl methyl sites for hydroxylation is 1. The number of anilines is 3. The fourth-order valence-electron chi connectivity index (χ4n) is 10.7. The van der Waals surface area contributed by atoms with Crippen molar-refractivity contribution in [3.05, 3.63) is 131 Å². The number of carbonyl (C=O) groups excluding carboxylic acids is 3. The molecule has 0 aromatic carbocycles. The quantitative estimate of drug-likeness (QED) is 0.101. The van der Waals surface area contributed by atoms with Crippen LogP contribution in [-0.4, -0.2) is 150 Å². The molecule has 0 saturated carbocycles. The molecule has 80 heavy (non-hydrogen) atoms. The van der Waals surface area contributed by atoms with E-state index >= 15 is 0 Å². The van der Waals surface area contributed by atoms with Crippen molar-refractivity contribution in [2.75, 3.05) is 107 Å². The Morgan fingerprint density at radius 3 is 1.85 bits per heavy atom. The molecular weight excluding hydrogens is 1100 g/mol. The van der Waals surface area contributed by atoms with Crippen LogP contribution in [0.2, 0.25) is 0 Å². The molecule has 0 unspecified atom stereocenters. The molecule has 9 aromatic rings. The summed E-state index contributed by atoms with van der Waals surface area (Å²) in [5.74, 6) is 1.19. The third kappa shape index (κ3) is 9.87. The van der Waals surface area contributed by atoms with Crippen LogP contribution in [0.3, 0.4) is 0 Å². The lowest BCUT2D eigenvalue weighted by molar-refractivity contribution is -0.723. The summed E-state index contributed by atoms with van der Waals surface area (Å²) in [6.45, 7) is 7.45. The highest BCUT2D eigenvalue weighted by atomic mass is 79.9. The Bertz CT molecular complexity index is 3830. The number of alkyl halides is 2. The molecule has 3 saturated heterocycles. The van der Waals surface area contributed by atoms with E-state index in [0.29, 0.717) is 145 Å². The van der Waals surface area contributed by atoms with Gasteiger partial charge in [-0.05, 0) is 35.0 Å². The summed E-state index contributed by atoms with van der Waals surface area (Å²) < 4.78 is 64.6. The zero-order chi connectivity index (χ0) is 55.2. The summed E-state index contributed by atoms with van der Waals surface area (Å²) in [6.07, 6.45) is 12.3. The van der Waals surface area contributed by atoms with Crippen LogP contribution in [0.4, 0.5) is 25.8 Å². The van der Waals surface area contributed by atoms with E-state index in [-0.39, 0.29) is 41.1 Å². The van der Waals surface area contributed by atoms with Gasteiger partial charge in [0.2, 0.25) is 0 Å². The number of halogens is 3. The number of carbonyl (C=O) groups is 3. The Balaban J connectivity index is 0.693. The van der Waals surface area contributed by atoms with E-state index in [1.54, 1.807) is 73.3 Å². The Labute approximate surface area is 464 Å². The second-order valence-corrected chi connectivity index (χ2v) is 20.2. The molecule has 24 heteroatoms. The van der Waals surface area contributed by atoms with Gasteiger partial charge in [0.15, 0.2) is 45.3 Å². The molecule has 0 atom stereocenters. The number of amides is 3. The van der Waals surface area contributed by atoms with Gasteiger partial charge < -0.3 is 56.9 Å². The minimum absolute atomic E-state index is 0.0370. The summed E-state index contributed by atoms with van der Waals surface area (Å²) in [4.78, 5) is 76.2. The molecule has 21 nitrogen and oxygen atoms in total. The lowest BCUT2D eigenvalue weighted by Gasteiger charge is -2.36. The van der Waals surface area contributed by atoms with Gasteiger partial charge in [-0.15, -0.1) is 0 Å². The number of piperazine rings is 3. The lowest BCUT2D eigenvalue weighted by atomic mass is 10.1. The number of pyridine rings is 6. The summed E-state index contributed by atoms with van der Waals surface area (Å²) >= 11 is 3.46. The number of hydrogen-bond donors (Lipinski definition) is 0. The smallest absolute Gasteiger partial charge is 0.295 e. The monoisotopic (exact) mass is 1150 g/mol. The van der Waals surface area contributed by atoms with Crippen LogP contribution in [0.5, 0.6) is 17.2 Å². The molecule has 0 N–H and O–H groups in total. The van der Waals surface area contributed by atoms with Crippen LogP contribution in [0.1, 0.15) is 49.0 Å². The maximum atomic E-state index is 14.4. The van der Waals surface area contributed by atoms with Gasteiger partial charge in [-0.1, -0.05) is 0 Å². The van der Waals surface area contributed by atoms with Crippen molar-refractivity contribution in [3.63, 3.8) is 0 Å². The van der Waals surface area contributed by atoms with Gasteiger partial charge in [0.25, 0.3) is 30.9 Å². The van der Waals surface area contributed by atoms with Gasteiger partial charge >= 0.3 is 0 Å². The van der Waals surface area contributed by atoms with Crippen molar-refractivity contribution in [2.45, 2.75) is 20.1 Å². The zero-order valence-electron chi connectivity index (χ0n) is 43.7. The molecule has 3 aliphatic rings. The molecule has 9 aromatic heterocycles. The number of nitrogens with zero attached hydrogens (tertiary/aromatic N) is 12. The number of ether oxygens (including phenoxy) is 3. The van der Waals surface area contributed by atoms with E-state index in [1.807, 2.05) is 40.8 Å². The molecule has 3 amide bonds. The number of methoxy groups -OCH3 is 2. The van der Waals surface area contributed by atoms with Crippen LogP contribution >= 0.6 is 15.9 Å². The van der Waals surface area contributed by atoms with E-state index in [2.05, 4.69) is 45.6 Å². The third-order valence-electron chi connectivity index (χ3n) is 14.7. The Kier molecular flexibility index (Phi) is 14.1. The first kappa shape index (κ1) is 51.8. The standard InChI is InChI=1S/C56H52BrF2N12O9/c1-33-22-36-49(39-24-46(76-3)43(29-63-39)68-14-16-69(17-15-68)54(72)35-4-9-62-40-25-47(53(58)59)79-52(35)40)64-26-37(51(36)78-33)55(73)70-18-12-67(13-19-70)42-28-61-8-6-45(42)77-32-65-30-34-23-48(57)80-50(34)38(31-65)56(74)71-20-10-66(11-21-71)41-27-60-7-5-44(41)75-2/h4-9,22-31,53H,10-21,32H2,1-3H3/q+1. The van der Waals surface area contributed by atoms with Gasteiger partial charge in [-0.2, -0.15) is 4.57 Å². The first-order chi connectivity index (χ1) is 38.9. The largest absolute Gasteiger partial charge is 0.494 e. The van der Waals surface area contributed by atoms with Crippen molar-refractivity contribution in [3.8, 4) is 28.6 Å². The van der Waals surface area contributed by atoms with Crippen molar-refractivity contribution in [1.29, 1.82) is 0 Å². The SMILES string of the molecule is COc1ccncc1N1CCN(C(=O)c2c[n+](COc3ccncc3N3CCN(C(=O)c4cnc(-c5cc(OC)c(N6CCN(C(=O)c7ccnc8cc(C(F)F)oc78)CC6)cn5)c5cc(C)oc45)CC3)cc3cc(Br)oc23)CC1. The third-order valence-corrected chi connectivity index (χ3v) is 15.1.